The Hall–Kier alpha value is -4.92. The van der Waals surface area contributed by atoms with Crippen molar-refractivity contribution in [2.45, 2.75) is 19.8 Å². The van der Waals surface area contributed by atoms with Crippen molar-refractivity contribution in [1.82, 2.24) is 20.4 Å². The van der Waals surface area contributed by atoms with Gasteiger partial charge in [-0.05, 0) is 30.5 Å². The molecule has 2 heterocycles. The summed E-state index contributed by atoms with van der Waals surface area (Å²) in [6, 6.07) is 21.2. The second-order valence-electron chi connectivity index (χ2n) is 8.75. The first-order chi connectivity index (χ1) is 17.3. The van der Waals surface area contributed by atoms with Gasteiger partial charge in [-0.1, -0.05) is 71.8 Å². The number of nitrogens with zero attached hydrogens (tertiary/aromatic N) is 1. The van der Waals surface area contributed by atoms with Crippen LogP contribution in [0.3, 0.4) is 0 Å². The Morgan fingerprint density at radius 3 is 1.61 bits per heavy atom. The summed E-state index contributed by atoms with van der Waals surface area (Å²) in [6.07, 6.45) is 0. The van der Waals surface area contributed by atoms with Crippen LogP contribution in [0.5, 0.6) is 0 Å². The number of hydrogen-bond acceptors (Lipinski definition) is 4. The Kier molecular flexibility index (Phi) is 5.73. The van der Waals surface area contributed by atoms with E-state index >= 15 is 0 Å². The van der Waals surface area contributed by atoms with Gasteiger partial charge in [-0.25, -0.2) is 0 Å². The quantitative estimate of drug-likeness (QED) is 0.205. The zero-order valence-corrected chi connectivity index (χ0v) is 19.6. The maximum Gasteiger partial charge on any atom is 0.269 e. The Morgan fingerprint density at radius 2 is 1.17 bits per heavy atom. The second kappa shape index (κ2) is 9.03. The van der Waals surface area contributed by atoms with Gasteiger partial charge in [-0.2, -0.15) is 0 Å². The van der Waals surface area contributed by atoms with Gasteiger partial charge in [0, 0.05) is 18.1 Å². The first kappa shape index (κ1) is 22.9. The Balaban J connectivity index is 1.81. The highest BCUT2D eigenvalue weighted by Crippen LogP contribution is 2.38. The molecule has 36 heavy (non-hydrogen) atoms. The molecule has 0 saturated carbocycles. The molecule has 0 unspecified atom stereocenters. The molecule has 0 amide bonds. The fraction of sp³-hybridized carbons (Fsp3) is 0.111. The summed E-state index contributed by atoms with van der Waals surface area (Å²) in [7, 11) is 0. The highest BCUT2D eigenvalue weighted by Gasteiger charge is 2.31. The second-order valence-corrected chi connectivity index (χ2v) is 8.75. The van der Waals surface area contributed by atoms with Crippen LogP contribution in [-0.4, -0.2) is 25.3 Å². The van der Waals surface area contributed by atoms with E-state index in [0.717, 1.165) is 22.3 Å². The van der Waals surface area contributed by atoms with Crippen molar-refractivity contribution in [1.29, 1.82) is 0 Å². The number of aromatic amines is 4. The van der Waals surface area contributed by atoms with Crippen LogP contribution in [-0.2, 0) is 0 Å². The van der Waals surface area contributed by atoms with Crippen LogP contribution < -0.4 is 11.1 Å². The van der Waals surface area contributed by atoms with E-state index < -0.39 is 22.0 Å². The largest absolute Gasteiger partial charge is 0.297 e. The molecule has 9 nitrogen and oxygen atoms in total. The van der Waals surface area contributed by atoms with Gasteiger partial charge in [0.1, 0.15) is 0 Å². The number of rotatable bonds is 6. The lowest BCUT2D eigenvalue weighted by Gasteiger charge is -2.18. The number of aromatic nitrogens is 4. The van der Waals surface area contributed by atoms with E-state index in [1.54, 1.807) is 12.1 Å². The molecule has 2 aromatic heterocycles. The van der Waals surface area contributed by atoms with E-state index in [9.17, 15) is 19.7 Å². The topological polar surface area (TPSA) is 140 Å². The molecule has 5 aromatic rings. The van der Waals surface area contributed by atoms with E-state index in [1.165, 1.54) is 12.1 Å². The molecule has 0 aliphatic heterocycles. The first-order valence-corrected chi connectivity index (χ1v) is 11.3. The van der Waals surface area contributed by atoms with Crippen molar-refractivity contribution in [3.8, 4) is 22.5 Å². The summed E-state index contributed by atoms with van der Waals surface area (Å²) in [5.41, 5.74) is 4.66. The van der Waals surface area contributed by atoms with Gasteiger partial charge in [0.05, 0.1) is 27.4 Å². The highest BCUT2D eigenvalue weighted by molar-refractivity contribution is 5.71. The van der Waals surface area contributed by atoms with E-state index in [-0.39, 0.29) is 16.8 Å². The maximum absolute atomic E-state index is 13.3. The van der Waals surface area contributed by atoms with E-state index in [1.807, 2.05) is 62.4 Å². The zero-order chi connectivity index (χ0) is 25.4. The minimum Gasteiger partial charge on any atom is -0.297 e. The number of nitrogens with one attached hydrogen (secondary N) is 4. The van der Waals surface area contributed by atoms with Gasteiger partial charge in [0.2, 0.25) is 0 Å². The molecule has 4 N–H and O–H groups in total. The number of aryl methyl sites for hydroxylation is 2. The SMILES string of the molecule is Cc1ccc(-c2[nH][nH]c(=O)c2C(c2cccc([N+](=O)[O-])c2)c2c(-c3ccc(C)cc3)[nH][nH]c2=O)cc1. The average Bonchev–Trinajstić information content (AvgIpc) is 3.44. The summed E-state index contributed by atoms with van der Waals surface area (Å²) >= 11 is 0. The Bertz CT molecular complexity index is 1570. The summed E-state index contributed by atoms with van der Waals surface area (Å²) in [5.74, 6) is -0.900. The van der Waals surface area contributed by atoms with Crippen molar-refractivity contribution < 1.29 is 4.92 Å². The zero-order valence-electron chi connectivity index (χ0n) is 19.6. The van der Waals surface area contributed by atoms with Gasteiger partial charge >= 0.3 is 0 Å². The fourth-order valence-electron chi connectivity index (χ4n) is 4.48. The van der Waals surface area contributed by atoms with Crippen molar-refractivity contribution in [2.24, 2.45) is 0 Å². The molecular formula is C27H23N5O4. The average molecular weight is 482 g/mol. The monoisotopic (exact) mass is 481 g/mol. The van der Waals surface area contributed by atoms with Crippen molar-refractivity contribution in [2.75, 3.05) is 0 Å². The van der Waals surface area contributed by atoms with Crippen LogP contribution in [0.4, 0.5) is 5.69 Å². The van der Waals surface area contributed by atoms with Gasteiger partial charge in [0.25, 0.3) is 16.8 Å². The number of nitro groups is 1. The van der Waals surface area contributed by atoms with Crippen molar-refractivity contribution >= 4 is 5.69 Å². The molecule has 0 aliphatic rings. The summed E-state index contributed by atoms with van der Waals surface area (Å²) < 4.78 is 0. The fourth-order valence-corrected chi connectivity index (χ4v) is 4.48. The smallest absolute Gasteiger partial charge is 0.269 e. The number of H-pyrrole nitrogens is 4. The molecule has 0 atom stereocenters. The Morgan fingerprint density at radius 1 is 0.694 bits per heavy atom. The minimum absolute atomic E-state index is 0.134. The minimum atomic E-state index is -0.900. The molecule has 0 radical (unpaired) electrons. The van der Waals surface area contributed by atoms with Crippen molar-refractivity contribution in [3.63, 3.8) is 0 Å². The number of benzene rings is 3. The lowest BCUT2D eigenvalue weighted by atomic mass is 9.83. The lowest BCUT2D eigenvalue weighted by Crippen LogP contribution is -2.20. The first-order valence-electron chi connectivity index (χ1n) is 11.3. The van der Waals surface area contributed by atoms with E-state index in [2.05, 4.69) is 20.4 Å². The third-order valence-corrected chi connectivity index (χ3v) is 6.30. The molecule has 0 spiro atoms. The summed E-state index contributed by atoms with van der Waals surface area (Å²) in [4.78, 5) is 37.6. The van der Waals surface area contributed by atoms with Crippen LogP contribution in [0.15, 0.2) is 82.4 Å². The molecule has 0 saturated heterocycles. The predicted octanol–water partition coefficient (Wildman–Crippen LogP) is 4.76. The van der Waals surface area contributed by atoms with Gasteiger partial charge in [-0.15, -0.1) is 0 Å². The highest BCUT2D eigenvalue weighted by atomic mass is 16.6. The maximum atomic E-state index is 13.3. The molecule has 0 fully saturated rings. The molecule has 180 valence electrons. The molecule has 5 rings (SSSR count). The van der Waals surface area contributed by atoms with E-state index in [0.29, 0.717) is 17.0 Å². The molecule has 0 bridgehead atoms. The number of hydrogen-bond donors (Lipinski definition) is 4. The van der Waals surface area contributed by atoms with Crippen LogP contribution in [0.25, 0.3) is 22.5 Å². The molecular weight excluding hydrogens is 458 g/mol. The van der Waals surface area contributed by atoms with Crippen molar-refractivity contribution in [3.05, 3.63) is 131 Å². The molecule has 3 aromatic carbocycles. The summed E-state index contributed by atoms with van der Waals surface area (Å²) in [5, 5.41) is 22.8. The number of nitro benzene ring substituents is 1. The van der Waals surface area contributed by atoms with E-state index in [4.69, 9.17) is 0 Å². The van der Waals surface area contributed by atoms with Crippen LogP contribution in [0, 0.1) is 24.0 Å². The van der Waals surface area contributed by atoms with Crippen LogP contribution >= 0.6 is 0 Å². The van der Waals surface area contributed by atoms with Gasteiger partial charge < -0.3 is 0 Å². The normalized spacial score (nSPS) is 11.2. The van der Waals surface area contributed by atoms with Crippen LogP contribution in [0.1, 0.15) is 33.7 Å². The molecule has 9 heteroatoms. The van der Waals surface area contributed by atoms with Gasteiger partial charge in [-0.3, -0.25) is 40.1 Å². The predicted molar refractivity (Wildman–Crippen MR) is 137 cm³/mol. The standard InChI is InChI=1S/C27H23N5O4/c1-15-6-10-17(11-7-15)24-22(26(33)30-28-24)21(19-4-3-5-20(14-19)32(35)36)23-25(29-31-27(23)34)18-12-8-16(2)9-13-18/h3-14,21H,1-2H3,(H2,28,30,33)(H2,29,31,34). The number of non-ortho nitro benzene ring substituents is 1. The van der Waals surface area contributed by atoms with Crippen LogP contribution in [0.2, 0.25) is 0 Å². The Labute approximate surface area is 205 Å². The third kappa shape index (κ3) is 4.07. The third-order valence-electron chi connectivity index (χ3n) is 6.30. The van der Waals surface area contributed by atoms with Gasteiger partial charge in [0.15, 0.2) is 0 Å². The molecule has 0 aliphatic carbocycles. The lowest BCUT2D eigenvalue weighted by molar-refractivity contribution is -0.384. The summed E-state index contributed by atoms with van der Waals surface area (Å²) in [6.45, 7) is 3.92.